The predicted molar refractivity (Wildman–Crippen MR) is 36.6 cm³/mol. The molecule has 1 rings (SSSR count). The highest BCUT2D eigenvalue weighted by Gasteiger charge is 2.39. The Kier molecular flexibility index (Phi) is 2.46. The molecule has 0 amide bonds. The van der Waals surface area contributed by atoms with E-state index in [0.717, 1.165) is 0 Å². The summed E-state index contributed by atoms with van der Waals surface area (Å²) in [5, 5.41) is 38.8. The summed E-state index contributed by atoms with van der Waals surface area (Å²) in [6, 6.07) is -0.414. The quantitative estimate of drug-likeness (QED) is 0.269. The molecule has 0 saturated carbocycles. The van der Waals surface area contributed by atoms with Gasteiger partial charge in [0, 0.05) is 6.04 Å². The second-order valence-electron chi connectivity index (χ2n) is 2.87. The van der Waals surface area contributed by atoms with E-state index in [4.69, 9.17) is 20.4 Å². The molecule has 5 unspecified atom stereocenters. The lowest BCUT2D eigenvalue weighted by atomic mass is 9.96. The fraction of sp³-hybridized carbons (Fsp3) is 1.00. The summed E-state index contributed by atoms with van der Waals surface area (Å²) < 4.78 is 0. The van der Waals surface area contributed by atoms with Gasteiger partial charge in [0.15, 0.2) is 0 Å². The minimum absolute atomic E-state index is 0.414. The van der Waals surface area contributed by atoms with Gasteiger partial charge in [-0.15, -0.1) is 0 Å². The normalized spacial score (nSPS) is 52.6. The molecule has 0 aromatic carbocycles. The molecule has 1 heterocycles. The Morgan fingerprint density at radius 1 is 0.909 bits per heavy atom. The van der Waals surface area contributed by atoms with Gasteiger partial charge in [-0.2, -0.15) is 0 Å². The van der Waals surface area contributed by atoms with Gasteiger partial charge in [0.2, 0.25) is 0 Å². The van der Waals surface area contributed by atoms with Gasteiger partial charge in [0.25, 0.3) is 0 Å². The molecule has 1 fully saturated rings. The van der Waals surface area contributed by atoms with Gasteiger partial charge < -0.3 is 20.4 Å². The molecule has 5 nitrogen and oxygen atoms in total. The number of hydrogen-bond donors (Lipinski definition) is 5. The number of aliphatic hydroxyl groups is 4. The molecule has 0 radical (unpaired) electrons. The summed E-state index contributed by atoms with van der Waals surface area (Å²) >= 11 is 0. The molecule has 1 saturated heterocycles. The molecule has 0 spiro atoms. The number of aliphatic hydroxyl groups excluding tert-OH is 4. The zero-order chi connectivity index (χ0) is 8.59. The van der Waals surface area contributed by atoms with E-state index in [1.54, 1.807) is 6.92 Å². The van der Waals surface area contributed by atoms with E-state index in [2.05, 4.69) is 5.32 Å². The molecule has 1 aliphatic heterocycles. The summed E-state index contributed by atoms with van der Waals surface area (Å²) in [7, 11) is 0. The van der Waals surface area contributed by atoms with Crippen molar-refractivity contribution in [3.05, 3.63) is 0 Å². The highest BCUT2D eigenvalue weighted by atomic mass is 16.4. The summed E-state index contributed by atoms with van der Waals surface area (Å²) in [5.41, 5.74) is 0. The third-order valence-corrected chi connectivity index (χ3v) is 1.97. The fourth-order valence-electron chi connectivity index (χ4n) is 1.15. The molecule has 0 bridgehead atoms. The number of piperidine rings is 1. The van der Waals surface area contributed by atoms with Crippen molar-refractivity contribution in [1.82, 2.24) is 5.32 Å². The van der Waals surface area contributed by atoms with Crippen LogP contribution in [0, 0.1) is 0 Å². The van der Waals surface area contributed by atoms with E-state index in [1.807, 2.05) is 0 Å². The van der Waals surface area contributed by atoms with Crippen molar-refractivity contribution in [3.8, 4) is 0 Å². The van der Waals surface area contributed by atoms with Crippen LogP contribution >= 0.6 is 0 Å². The summed E-state index contributed by atoms with van der Waals surface area (Å²) in [4.78, 5) is 0. The molecule has 66 valence electrons. The molecule has 0 aliphatic carbocycles. The molecule has 5 atom stereocenters. The monoisotopic (exact) mass is 163 g/mol. The van der Waals surface area contributed by atoms with Gasteiger partial charge in [0.1, 0.15) is 18.4 Å². The van der Waals surface area contributed by atoms with Crippen LogP contribution in [-0.4, -0.2) is 51.0 Å². The van der Waals surface area contributed by atoms with E-state index < -0.39 is 30.6 Å². The highest BCUT2D eigenvalue weighted by molar-refractivity contribution is 4.91. The first-order valence-electron chi connectivity index (χ1n) is 3.52. The maximum absolute atomic E-state index is 9.15. The van der Waals surface area contributed by atoms with Crippen LogP contribution in [0.25, 0.3) is 0 Å². The van der Waals surface area contributed by atoms with Crippen molar-refractivity contribution in [2.45, 2.75) is 37.5 Å². The summed E-state index contributed by atoms with van der Waals surface area (Å²) in [6.45, 7) is 1.61. The largest absolute Gasteiger partial charge is 0.389 e. The molecule has 5 N–H and O–H groups in total. The molecule has 1 aliphatic rings. The Labute approximate surface area is 64.3 Å². The van der Waals surface area contributed by atoms with Gasteiger partial charge in [-0.25, -0.2) is 0 Å². The van der Waals surface area contributed by atoms with E-state index in [-0.39, 0.29) is 0 Å². The van der Waals surface area contributed by atoms with Crippen molar-refractivity contribution in [1.29, 1.82) is 0 Å². The maximum atomic E-state index is 9.15. The van der Waals surface area contributed by atoms with Crippen LogP contribution in [0.1, 0.15) is 6.92 Å². The molecule has 0 aromatic rings. The lowest BCUT2D eigenvalue weighted by Crippen LogP contribution is -2.63. The second kappa shape index (κ2) is 3.04. The topological polar surface area (TPSA) is 93.0 Å². The van der Waals surface area contributed by atoms with Crippen molar-refractivity contribution in [2.24, 2.45) is 0 Å². The summed E-state index contributed by atoms with van der Waals surface area (Å²) in [5.74, 6) is 0. The van der Waals surface area contributed by atoms with Gasteiger partial charge >= 0.3 is 0 Å². The van der Waals surface area contributed by atoms with Crippen LogP contribution in [-0.2, 0) is 0 Å². The first kappa shape index (κ1) is 8.89. The molecule has 5 heteroatoms. The minimum atomic E-state index is -1.32. The Hall–Kier alpha value is -0.200. The predicted octanol–water partition coefficient (Wildman–Crippen LogP) is -2.62. The highest BCUT2D eigenvalue weighted by Crippen LogP contribution is 2.13. The molecule has 11 heavy (non-hydrogen) atoms. The molecular weight excluding hydrogens is 150 g/mol. The van der Waals surface area contributed by atoms with Gasteiger partial charge in [-0.05, 0) is 6.92 Å². The van der Waals surface area contributed by atoms with Crippen molar-refractivity contribution < 1.29 is 20.4 Å². The Balaban J connectivity index is 2.63. The Morgan fingerprint density at radius 3 is 2.00 bits per heavy atom. The molecule has 0 aromatic heterocycles. The van der Waals surface area contributed by atoms with E-state index in [1.165, 1.54) is 0 Å². The van der Waals surface area contributed by atoms with Crippen LogP contribution in [0.15, 0.2) is 0 Å². The van der Waals surface area contributed by atoms with Crippen LogP contribution in [0.4, 0.5) is 0 Å². The average Bonchev–Trinajstić information content (AvgIpc) is 1.97. The van der Waals surface area contributed by atoms with Gasteiger partial charge in [-0.3, -0.25) is 5.32 Å². The first-order chi connectivity index (χ1) is 5.04. The third kappa shape index (κ3) is 1.52. The first-order valence-corrected chi connectivity index (χ1v) is 3.52. The molecular formula is C6H13NO4. The SMILES string of the molecule is CC1NC(O)C(O)C(O)C1O. The van der Waals surface area contributed by atoms with Crippen LogP contribution < -0.4 is 5.32 Å². The van der Waals surface area contributed by atoms with Crippen LogP contribution in [0.3, 0.4) is 0 Å². The summed E-state index contributed by atoms with van der Waals surface area (Å²) in [6.07, 6.45) is -4.79. The number of rotatable bonds is 0. The number of nitrogens with one attached hydrogen (secondary N) is 1. The van der Waals surface area contributed by atoms with Crippen LogP contribution in [0.2, 0.25) is 0 Å². The van der Waals surface area contributed by atoms with Crippen molar-refractivity contribution in [3.63, 3.8) is 0 Å². The maximum Gasteiger partial charge on any atom is 0.134 e. The van der Waals surface area contributed by atoms with Gasteiger partial charge in [-0.1, -0.05) is 0 Å². The van der Waals surface area contributed by atoms with Crippen molar-refractivity contribution >= 4 is 0 Å². The lowest BCUT2D eigenvalue weighted by Gasteiger charge is -2.37. The smallest absolute Gasteiger partial charge is 0.134 e. The Bertz CT molecular complexity index is 129. The van der Waals surface area contributed by atoms with Crippen LogP contribution in [0.5, 0.6) is 0 Å². The minimum Gasteiger partial charge on any atom is -0.389 e. The second-order valence-corrected chi connectivity index (χ2v) is 2.87. The zero-order valence-corrected chi connectivity index (χ0v) is 6.18. The lowest BCUT2D eigenvalue weighted by molar-refractivity contribution is -0.154. The Morgan fingerprint density at radius 2 is 1.45 bits per heavy atom. The van der Waals surface area contributed by atoms with E-state index >= 15 is 0 Å². The number of hydrogen-bond acceptors (Lipinski definition) is 5. The van der Waals surface area contributed by atoms with Gasteiger partial charge in [0.05, 0.1) is 6.10 Å². The van der Waals surface area contributed by atoms with Crippen molar-refractivity contribution in [2.75, 3.05) is 0 Å². The van der Waals surface area contributed by atoms with E-state index in [9.17, 15) is 0 Å². The third-order valence-electron chi connectivity index (χ3n) is 1.97. The fourth-order valence-corrected chi connectivity index (χ4v) is 1.15. The zero-order valence-electron chi connectivity index (χ0n) is 6.18. The average molecular weight is 163 g/mol. The van der Waals surface area contributed by atoms with E-state index in [0.29, 0.717) is 0 Å². The standard InChI is InChI=1S/C6H13NO4/c1-2-3(8)4(9)5(10)6(11)7-2/h2-11H,1H3.